The lowest BCUT2D eigenvalue weighted by atomic mass is 10.2. The summed E-state index contributed by atoms with van der Waals surface area (Å²) in [7, 11) is -4.48. The molecule has 0 aliphatic carbocycles. The first-order valence-electron chi connectivity index (χ1n) is 4.06. The van der Waals surface area contributed by atoms with Gasteiger partial charge in [-0.1, -0.05) is 0 Å². The molecule has 0 bridgehead atoms. The largest absolute Gasteiger partial charge is 0.480 e. The third-order valence-corrected chi connectivity index (χ3v) is 2.80. The van der Waals surface area contributed by atoms with Gasteiger partial charge in [-0.25, -0.2) is 13.1 Å². The molecule has 0 rings (SSSR count). The van der Waals surface area contributed by atoms with E-state index in [-0.39, 0.29) is 6.42 Å². The Kier molecular flexibility index (Phi) is 5.16. The van der Waals surface area contributed by atoms with Gasteiger partial charge in [-0.2, -0.15) is 13.2 Å². The predicted octanol–water partition coefficient (Wildman–Crippen LogP) is -0.730. The van der Waals surface area contributed by atoms with Crippen LogP contribution in [0, 0.1) is 0 Å². The summed E-state index contributed by atoms with van der Waals surface area (Å²) in [5.74, 6) is -3.35. The fourth-order valence-electron chi connectivity index (χ4n) is 0.760. The summed E-state index contributed by atoms with van der Waals surface area (Å²) in [6, 6.07) is -1.31. The van der Waals surface area contributed by atoms with Gasteiger partial charge in [0.1, 0.15) is 6.04 Å². The number of halogens is 3. The molecule has 4 N–H and O–H groups in total. The number of carboxylic acid groups (broad SMARTS) is 1. The zero-order valence-corrected chi connectivity index (χ0v) is 8.81. The Hall–Kier alpha value is -0.870. The lowest BCUT2D eigenvalue weighted by Gasteiger charge is -2.10. The van der Waals surface area contributed by atoms with Crippen molar-refractivity contribution in [2.24, 2.45) is 5.73 Å². The summed E-state index contributed by atoms with van der Waals surface area (Å²) >= 11 is 0. The van der Waals surface area contributed by atoms with Crippen LogP contribution < -0.4 is 10.5 Å². The average Bonchev–Trinajstić information content (AvgIpc) is 1.98. The molecular formula is C6H11F3N2O4S. The Balaban J connectivity index is 4.07. The van der Waals surface area contributed by atoms with Crippen LogP contribution in [0.25, 0.3) is 0 Å². The van der Waals surface area contributed by atoms with E-state index in [2.05, 4.69) is 0 Å². The van der Waals surface area contributed by atoms with Crippen LogP contribution in [0.1, 0.15) is 6.42 Å². The lowest BCUT2D eigenvalue weighted by molar-refractivity contribution is -0.138. The van der Waals surface area contributed by atoms with Crippen molar-refractivity contribution in [1.29, 1.82) is 0 Å². The molecule has 0 aliphatic heterocycles. The molecule has 96 valence electrons. The van der Waals surface area contributed by atoms with E-state index in [4.69, 9.17) is 10.8 Å². The monoisotopic (exact) mass is 264 g/mol. The van der Waals surface area contributed by atoms with E-state index in [0.717, 1.165) is 0 Å². The maximum atomic E-state index is 11.7. The van der Waals surface area contributed by atoms with Crippen LogP contribution in [0.3, 0.4) is 0 Å². The Labute approximate surface area is 89.7 Å². The highest BCUT2D eigenvalue weighted by molar-refractivity contribution is 7.89. The van der Waals surface area contributed by atoms with Crippen LogP contribution in [0.5, 0.6) is 0 Å². The maximum absolute atomic E-state index is 11.7. The molecular weight excluding hydrogens is 253 g/mol. The van der Waals surface area contributed by atoms with Gasteiger partial charge in [0.2, 0.25) is 10.0 Å². The second-order valence-electron chi connectivity index (χ2n) is 3.00. The summed E-state index contributed by atoms with van der Waals surface area (Å²) < 4.78 is 58.3. The number of nitrogens with two attached hydrogens (primary N) is 1. The number of nitrogens with one attached hydrogen (secondary N) is 1. The SMILES string of the molecule is NC(CCNS(=O)(=O)CC(F)(F)F)C(=O)O. The molecule has 0 aromatic rings. The van der Waals surface area contributed by atoms with E-state index in [0.29, 0.717) is 0 Å². The van der Waals surface area contributed by atoms with Crippen molar-refractivity contribution in [2.45, 2.75) is 18.6 Å². The minimum absolute atomic E-state index is 0.285. The zero-order valence-electron chi connectivity index (χ0n) is 7.99. The van der Waals surface area contributed by atoms with Crippen molar-refractivity contribution in [2.75, 3.05) is 12.3 Å². The van der Waals surface area contributed by atoms with Gasteiger partial charge in [0.05, 0.1) is 0 Å². The van der Waals surface area contributed by atoms with Crippen LogP contribution >= 0.6 is 0 Å². The first-order chi connectivity index (χ1) is 7.03. The van der Waals surface area contributed by atoms with Gasteiger partial charge in [-0.15, -0.1) is 0 Å². The minimum atomic E-state index is -4.83. The minimum Gasteiger partial charge on any atom is -0.480 e. The Morgan fingerprint density at radius 3 is 2.31 bits per heavy atom. The van der Waals surface area contributed by atoms with Crippen LogP contribution in [0.15, 0.2) is 0 Å². The molecule has 0 aliphatic rings. The third-order valence-electron chi connectivity index (χ3n) is 1.45. The second kappa shape index (κ2) is 5.46. The molecule has 0 aromatic heterocycles. The van der Waals surface area contributed by atoms with Gasteiger partial charge in [0, 0.05) is 6.54 Å². The van der Waals surface area contributed by atoms with Crippen molar-refractivity contribution in [3.05, 3.63) is 0 Å². The lowest BCUT2D eigenvalue weighted by Crippen LogP contribution is -2.38. The smallest absolute Gasteiger partial charge is 0.404 e. The maximum Gasteiger partial charge on any atom is 0.404 e. The Morgan fingerprint density at radius 2 is 1.94 bits per heavy atom. The summed E-state index contributed by atoms with van der Waals surface area (Å²) in [5, 5.41) is 8.32. The third kappa shape index (κ3) is 7.43. The quantitative estimate of drug-likeness (QED) is 0.586. The van der Waals surface area contributed by atoms with E-state index in [1.807, 2.05) is 0 Å². The topological polar surface area (TPSA) is 109 Å². The van der Waals surface area contributed by atoms with Crippen molar-refractivity contribution in [3.8, 4) is 0 Å². The first-order valence-corrected chi connectivity index (χ1v) is 5.71. The molecule has 0 aromatic carbocycles. The van der Waals surface area contributed by atoms with E-state index in [1.54, 1.807) is 4.72 Å². The van der Waals surface area contributed by atoms with Crippen LogP contribution in [-0.2, 0) is 14.8 Å². The molecule has 0 spiro atoms. The molecule has 1 atom stereocenters. The summed E-state index contributed by atoms with van der Waals surface area (Å²) in [5.41, 5.74) is 5.02. The summed E-state index contributed by atoms with van der Waals surface area (Å²) in [4.78, 5) is 10.2. The van der Waals surface area contributed by atoms with Crippen LogP contribution in [0.2, 0.25) is 0 Å². The van der Waals surface area contributed by atoms with Crippen molar-refractivity contribution < 1.29 is 31.5 Å². The zero-order chi connectivity index (χ0) is 13.0. The molecule has 10 heteroatoms. The number of carbonyl (C=O) groups is 1. The molecule has 0 saturated heterocycles. The second-order valence-corrected chi connectivity index (χ2v) is 4.81. The molecule has 0 fully saturated rings. The van der Waals surface area contributed by atoms with Crippen LogP contribution in [0.4, 0.5) is 13.2 Å². The van der Waals surface area contributed by atoms with Crippen molar-refractivity contribution in [3.63, 3.8) is 0 Å². The van der Waals surface area contributed by atoms with E-state index in [9.17, 15) is 26.4 Å². The summed E-state index contributed by atoms with van der Waals surface area (Å²) in [6.45, 7) is -0.453. The highest BCUT2D eigenvalue weighted by Crippen LogP contribution is 2.16. The normalized spacial score (nSPS) is 14.8. The average molecular weight is 264 g/mol. The molecule has 0 amide bonds. The van der Waals surface area contributed by atoms with Gasteiger partial charge in [0.25, 0.3) is 0 Å². The number of rotatable bonds is 6. The number of sulfonamides is 1. The first kappa shape index (κ1) is 15.1. The van der Waals surface area contributed by atoms with Gasteiger partial charge < -0.3 is 10.8 Å². The van der Waals surface area contributed by atoms with E-state index < -0.39 is 40.5 Å². The van der Waals surface area contributed by atoms with Crippen molar-refractivity contribution in [1.82, 2.24) is 4.72 Å². The number of hydrogen-bond acceptors (Lipinski definition) is 4. The standard InChI is InChI=1S/C6H11F3N2O4S/c7-6(8,9)3-16(14,15)11-2-1-4(10)5(12)13/h4,11H,1-3,10H2,(H,12,13). The molecule has 0 heterocycles. The summed E-state index contributed by atoms with van der Waals surface area (Å²) in [6.07, 6.45) is -5.12. The highest BCUT2D eigenvalue weighted by atomic mass is 32.2. The number of carboxylic acids is 1. The number of hydrogen-bond donors (Lipinski definition) is 3. The Morgan fingerprint density at radius 1 is 1.44 bits per heavy atom. The van der Waals surface area contributed by atoms with Gasteiger partial charge in [0.15, 0.2) is 5.75 Å². The fourth-order valence-corrected chi connectivity index (χ4v) is 1.72. The number of aliphatic carboxylic acids is 1. The fraction of sp³-hybridized carbons (Fsp3) is 0.833. The predicted molar refractivity (Wildman–Crippen MR) is 48.1 cm³/mol. The molecule has 6 nitrogen and oxygen atoms in total. The van der Waals surface area contributed by atoms with Gasteiger partial charge in [-0.05, 0) is 6.42 Å². The highest BCUT2D eigenvalue weighted by Gasteiger charge is 2.34. The molecule has 0 saturated carbocycles. The molecule has 16 heavy (non-hydrogen) atoms. The molecule has 1 unspecified atom stereocenters. The van der Waals surface area contributed by atoms with Gasteiger partial charge in [-0.3, -0.25) is 4.79 Å². The number of alkyl halides is 3. The molecule has 0 radical (unpaired) electrons. The van der Waals surface area contributed by atoms with E-state index in [1.165, 1.54) is 0 Å². The van der Waals surface area contributed by atoms with Crippen LogP contribution in [-0.4, -0.2) is 44.0 Å². The Bertz CT molecular complexity index is 340. The van der Waals surface area contributed by atoms with Gasteiger partial charge >= 0.3 is 12.1 Å². The van der Waals surface area contributed by atoms with Crippen molar-refractivity contribution >= 4 is 16.0 Å². The van der Waals surface area contributed by atoms with E-state index >= 15 is 0 Å².